The Balaban J connectivity index is 1.82. The van der Waals surface area contributed by atoms with E-state index in [9.17, 15) is 4.79 Å². The second-order valence-electron chi connectivity index (χ2n) is 5.51. The number of carbonyl (C=O) groups is 1. The molecule has 0 saturated heterocycles. The lowest BCUT2D eigenvalue weighted by atomic mass is 9.91. The molecule has 110 valence electrons. The molecule has 0 aliphatic heterocycles. The summed E-state index contributed by atoms with van der Waals surface area (Å²) in [4.78, 5) is 11.2. The highest BCUT2D eigenvalue weighted by Gasteiger charge is 2.20. The molecule has 0 radical (unpaired) electrons. The molecule has 2 rings (SSSR count). The van der Waals surface area contributed by atoms with Crippen LogP contribution in [0, 0.1) is 0 Å². The van der Waals surface area contributed by atoms with Crippen molar-refractivity contribution in [2.45, 2.75) is 50.7 Å². The summed E-state index contributed by atoms with van der Waals surface area (Å²) in [5, 5.41) is 3.54. The number of hydrogen-bond acceptors (Lipinski definition) is 4. The topological polar surface area (TPSA) is 64.3 Å². The summed E-state index contributed by atoms with van der Waals surface area (Å²) in [6.45, 7) is 0.830. The quantitative estimate of drug-likeness (QED) is 0.804. The number of esters is 1. The van der Waals surface area contributed by atoms with E-state index in [0.29, 0.717) is 12.5 Å². The molecule has 0 unspecified atom stereocenters. The molecule has 1 saturated carbocycles. The summed E-state index contributed by atoms with van der Waals surface area (Å²) >= 11 is 0. The molecule has 1 aliphatic rings. The van der Waals surface area contributed by atoms with Crippen molar-refractivity contribution in [3.05, 3.63) is 35.4 Å². The molecule has 0 heterocycles. The van der Waals surface area contributed by atoms with Crippen LogP contribution in [0.4, 0.5) is 0 Å². The van der Waals surface area contributed by atoms with E-state index in [1.165, 1.54) is 31.9 Å². The van der Waals surface area contributed by atoms with Crippen molar-refractivity contribution < 1.29 is 9.53 Å². The predicted octanol–water partition coefficient (Wildman–Crippen LogP) is 1.76. The van der Waals surface area contributed by atoms with Crippen LogP contribution < -0.4 is 11.1 Å². The van der Waals surface area contributed by atoms with Crippen LogP contribution in [0.15, 0.2) is 24.3 Å². The molecule has 1 aromatic carbocycles. The second kappa shape index (κ2) is 7.41. The first-order chi connectivity index (χ1) is 9.69. The van der Waals surface area contributed by atoms with Crippen LogP contribution in [0.3, 0.4) is 0 Å². The van der Waals surface area contributed by atoms with Gasteiger partial charge in [-0.1, -0.05) is 37.1 Å². The minimum atomic E-state index is -0.205. The van der Waals surface area contributed by atoms with Gasteiger partial charge in [-0.25, -0.2) is 0 Å². The van der Waals surface area contributed by atoms with Gasteiger partial charge in [-0.3, -0.25) is 4.79 Å². The molecule has 0 spiro atoms. The van der Waals surface area contributed by atoms with E-state index < -0.39 is 0 Å². The SMILES string of the molecule is COC(=O)Cc1ccc(CN[C@@H]2CCCC[C@H]2N)cc1. The Kier molecular flexibility index (Phi) is 5.56. The van der Waals surface area contributed by atoms with Gasteiger partial charge < -0.3 is 15.8 Å². The zero-order chi connectivity index (χ0) is 14.4. The Labute approximate surface area is 120 Å². The molecule has 1 aromatic rings. The highest BCUT2D eigenvalue weighted by Crippen LogP contribution is 2.17. The first kappa shape index (κ1) is 15.0. The Morgan fingerprint density at radius 3 is 2.55 bits per heavy atom. The van der Waals surface area contributed by atoms with Crippen LogP contribution in [0.2, 0.25) is 0 Å². The van der Waals surface area contributed by atoms with Crippen molar-refractivity contribution in [1.29, 1.82) is 0 Å². The molecule has 1 fully saturated rings. The average Bonchev–Trinajstić information content (AvgIpc) is 2.48. The normalized spacial score (nSPS) is 22.5. The van der Waals surface area contributed by atoms with Crippen LogP contribution >= 0.6 is 0 Å². The van der Waals surface area contributed by atoms with Crippen LogP contribution in [0.1, 0.15) is 36.8 Å². The predicted molar refractivity (Wildman–Crippen MR) is 79.2 cm³/mol. The molecular formula is C16H24N2O2. The molecule has 20 heavy (non-hydrogen) atoms. The van der Waals surface area contributed by atoms with E-state index in [1.807, 2.05) is 12.1 Å². The summed E-state index contributed by atoms with van der Waals surface area (Å²) in [6, 6.07) is 8.78. The smallest absolute Gasteiger partial charge is 0.309 e. The van der Waals surface area contributed by atoms with Gasteiger partial charge in [0, 0.05) is 18.6 Å². The molecular weight excluding hydrogens is 252 g/mol. The summed E-state index contributed by atoms with van der Waals surface area (Å²) in [6.07, 6.45) is 5.14. The van der Waals surface area contributed by atoms with Gasteiger partial charge in [0.05, 0.1) is 13.5 Å². The van der Waals surface area contributed by atoms with Gasteiger partial charge in [0.25, 0.3) is 0 Å². The third-order valence-corrected chi connectivity index (χ3v) is 3.99. The van der Waals surface area contributed by atoms with Crippen LogP contribution in [0.5, 0.6) is 0 Å². The van der Waals surface area contributed by atoms with E-state index >= 15 is 0 Å². The maximum absolute atomic E-state index is 11.2. The number of benzene rings is 1. The van der Waals surface area contributed by atoms with Gasteiger partial charge in [-0.05, 0) is 24.0 Å². The lowest BCUT2D eigenvalue weighted by Crippen LogP contribution is -2.46. The number of rotatable bonds is 5. The third-order valence-electron chi connectivity index (χ3n) is 3.99. The number of hydrogen-bond donors (Lipinski definition) is 2. The standard InChI is InChI=1S/C16H24N2O2/c1-20-16(19)10-12-6-8-13(9-7-12)11-18-15-5-3-2-4-14(15)17/h6-9,14-15,18H,2-5,10-11,17H2,1H3/t14-,15-/m1/s1. The van der Waals surface area contributed by atoms with Gasteiger partial charge in [0.15, 0.2) is 0 Å². The van der Waals surface area contributed by atoms with E-state index in [-0.39, 0.29) is 12.0 Å². The average molecular weight is 276 g/mol. The number of ether oxygens (including phenoxy) is 1. The molecule has 3 N–H and O–H groups in total. The van der Waals surface area contributed by atoms with Crippen molar-refractivity contribution in [2.75, 3.05) is 7.11 Å². The Morgan fingerprint density at radius 2 is 1.90 bits per heavy atom. The number of nitrogens with two attached hydrogens (primary N) is 1. The first-order valence-corrected chi connectivity index (χ1v) is 7.32. The Hall–Kier alpha value is -1.39. The third kappa shape index (κ3) is 4.32. The molecule has 4 heteroatoms. The van der Waals surface area contributed by atoms with Gasteiger partial charge >= 0.3 is 5.97 Å². The zero-order valence-electron chi connectivity index (χ0n) is 12.1. The summed E-state index contributed by atoms with van der Waals surface area (Å²) in [5.74, 6) is -0.205. The molecule has 0 bridgehead atoms. The Bertz CT molecular complexity index is 431. The number of nitrogens with one attached hydrogen (secondary N) is 1. The first-order valence-electron chi connectivity index (χ1n) is 7.32. The van der Waals surface area contributed by atoms with Gasteiger partial charge in [-0.15, -0.1) is 0 Å². The zero-order valence-corrected chi connectivity index (χ0v) is 12.1. The van der Waals surface area contributed by atoms with Crippen molar-refractivity contribution in [2.24, 2.45) is 5.73 Å². The monoisotopic (exact) mass is 276 g/mol. The van der Waals surface area contributed by atoms with Crippen molar-refractivity contribution >= 4 is 5.97 Å². The molecule has 0 amide bonds. The van der Waals surface area contributed by atoms with E-state index in [0.717, 1.165) is 18.5 Å². The van der Waals surface area contributed by atoms with Crippen molar-refractivity contribution in [1.82, 2.24) is 5.32 Å². The van der Waals surface area contributed by atoms with Gasteiger partial charge in [-0.2, -0.15) is 0 Å². The minimum Gasteiger partial charge on any atom is -0.469 e. The molecule has 2 atom stereocenters. The largest absolute Gasteiger partial charge is 0.469 e. The lowest BCUT2D eigenvalue weighted by molar-refractivity contribution is -0.139. The van der Waals surface area contributed by atoms with Crippen LogP contribution in [-0.2, 0) is 22.5 Å². The van der Waals surface area contributed by atoms with Gasteiger partial charge in [0.1, 0.15) is 0 Å². The maximum atomic E-state index is 11.2. The molecule has 4 nitrogen and oxygen atoms in total. The Morgan fingerprint density at radius 1 is 1.25 bits per heavy atom. The van der Waals surface area contributed by atoms with E-state index in [2.05, 4.69) is 22.2 Å². The number of carbonyl (C=O) groups excluding carboxylic acids is 1. The fraction of sp³-hybridized carbons (Fsp3) is 0.562. The van der Waals surface area contributed by atoms with Crippen molar-refractivity contribution in [3.63, 3.8) is 0 Å². The molecule has 0 aromatic heterocycles. The van der Waals surface area contributed by atoms with Gasteiger partial charge in [0.2, 0.25) is 0 Å². The van der Waals surface area contributed by atoms with E-state index in [1.54, 1.807) is 0 Å². The number of methoxy groups -OCH3 is 1. The lowest BCUT2D eigenvalue weighted by Gasteiger charge is -2.29. The fourth-order valence-electron chi connectivity index (χ4n) is 2.68. The fourth-order valence-corrected chi connectivity index (χ4v) is 2.68. The highest BCUT2D eigenvalue weighted by atomic mass is 16.5. The highest BCUT2D eigenvalue weighted by molar-refractivity contribution is 5.72. The van der Waals surface area contributed by atoms with Crippen molar-refractivity contribution in [3.8, 4) is 0 Å². The second-order valence-corrected chi connectivity index (χ2v) is 5.51. The van der Waals surface area contributed by atoms with Crippen LogP contribution in [-0.4, -0.2) is 25.2 Å². The van der Waals surface area contributed by atoms with E-state index in [4.69, 9.17) is 5.73 Å². The van der Waals surface area contributed by atoms with Crippen LogP contribution in [0.25, 0.3) is 0 Å². The summed E-state index contributed by atoms with van der Waals surface area (Å²) < 4.78 is 4.66. The summed E-state index contributed by atoms with van der Waals surface area (Å²) in [5.41, 5.74) is 8.32. The molecule has 1 aliphatic carbocycles. The minimum absolute atomic E-state index is 0.205. The maximum Gasteiger partial charge on any atom is 0.309 e. The summed E-state index contributed by atoms with van der Waals surface area (Å²) in [7, 11) is 1.41.